The summed E-state index contributed by atoms with van der Waals surface area (Å²) in [5.41, 5.74) is 1.32. The summed E-state index contributed by atoms with van der Waals surface area (Å²) in [5, 5.41) is 0. The molecule has 3 rings (SSSR count). The van der Waals surface area contributed by atoms with Gasteiger partial charge in [-0.3, -0.25) is 8.98 Å². The minimum Gasteiger partial charge on any atom is -0.467 e. The molecule has 0 aromatic heterocycles. The molecule has 1 aliphatic rings. The zero-order valence-corrected chi connectivity index (χ0v) is 16.4. The molecule has 0 spiro atoms. The highest BCUT2D eigenvalue weighted by Gasteiger charge is 2.43. The quantitative estimate of drug-likeness (QED) is 0.561. The Labute approximate surface area is 164 Å². The second-order valence-electron chi connectivity index (χ2n) is 6.58. The second-order valence-corrected chi connectivity index (χ2v) is 8.16. The van der Waals surface area contributed by atoms with Crippen molar-refractivity contribution < 1.29 is 26.9 Å². The van der Waals surface area contributed by atoms with Crippen molar-refractivity contribution in [1.82, 2.24) is 4.90 Å². The third-order valence-corrected chi connectivity index (χ3v) is 5.97. The lowest BCUT2D eigenvalue weighted by atomic mass is 10.1. The average Bonchev–Trinajstić information content (AvgIpc) is 3.10. The zero-order valence-electron chi connectivity index (χ0n) is 15.6. The van der Waals surface area contributed by atoms with Crippen molar-refractivity contribution in [3.05, 3.63) is 65.7 Å². The number of benzene rings is 2. The van der Waals surface area contributed by atoms with Crippen molar-refractivity contribution in [2.24, 2.45) is 0 Å². The molecular formula is C20H21NO6S. The molecule has 0 saturated carbocycles. The lowest BCUT2D eigenvalue weighted by molar-refractivity contribution is -0.145. The minimum atomic E-state index is -4.02. The Bertz CT molecular complexity index is 956. The van der Waals surface area contributed by atoms with E-state index in [1.165, 1.54) is 24.1 Å². The number of likely N-dealkylation sites (tertiary alicyclic amines) is 1. The van der Waals surface area contributed by atoms with Crippen LogP contribution in [0.25, 0.3) is 0 Å². The van der Waals surface area contributed by atoms with E-state index in [9.17, 15) is 18.0 Å². The van der Waals surface area contributed by atoms with Crippen LogP contribution in [0.1, 0.15) is 22.3 Å². The number of aryl methyl sites for hydroxylation is 1. The van der Waals surface area contributed by atoms with Crippen LogP contribution < -0.4 is 0 Å². The molecule has 2 atom stereocenters. The average molecular weight is 403 g/mol. The Morgan fingerprint density at radius 2 is 1.68 bits per heavy atom. The normalized spacial score (nSPS) is 19.4. The fourth-order valence-electron chi connectivity index (χ4n) is 3.14. The van der Waals surface area contributed by atoms with E-state index in [-0.39, 0.29) is 23.8 Å². The van der Waals surface area contributed by atoms with Crippen molar-refractivity contribution >= 4 is 22.0 Å². The van der Waals surface area contributed by atoms with Gasteiger partial charge in [0.05, 0.1) is 18.1 Å². The van der Waals surface area contributed by atoms with Gasteiger partial charge in [0, 0.05) is 18.5 Å². The summed E-state index contributed by atoms with van der Waals surface area (Å²) < 4.78 is 35.2. The van der Waals surface area contributed by atoms with Gasteiger partial charge in [0.2, 0.25) is 0 Å². The van der Waals surface area contributed by atoms with Crippen molar-refractivity contribution in [1.29, 1.82) is 0 Å². The topological polar surface area (TPSA) is 90.0 Å². The molecule has 0 aliphatic carbocycles. The van der Waals surface area contributed by atoms with E-state index in [0.29, 0.717) is 5.56 Å². The smallest absolute Gasteiger partial charge is 0.328 e. The van der Waals surface area contributed by atoms with E-state index in [1.54, 1.807) is 42.5 Å². The van der Waals surface area contributed by atoms with Crippen molar-refractivity contribution in [2.75, 3.05) is 13.7 Å². The first kappa shape index (κ1) is 20.0. The maximum absolute atomic E-state index is 12.8. The predicted molar refractivity (Wildman–Crippen MR) is 101 cm³/mol. The van der Waals surface area contributed by atoms with Crippen LogP contribution >= 0.6 is 0 Å². The van der Waals surface area contributed by atoms with Gasteiger partial charge in [-0.05, 0) is 31.2 Å². The Balaban J connectivity index is 1.81. The Morgan fingerprint density at radius 3 is 2.29 bits per heavy atom. The summed E-state index contributed by atoms with van der Waals surface area (Å²) in [7, 11) is -2.79. The number of nitrogens with zero attached hydrogens (tertiary/aromatic N) is 1. The number of amides is 1. The molecule has 7 nitrogen and oxygen atoms in total. The minimum absolute atomic E-state index is 0.0283. The fraction of sp³-hybridized carbons (Fsp3) is 0.300. The Hall–Kier alpha value is -2.71. The molecule has 28 heavy (non-hydrogen) atoms. The Kier molecular flexibility index (Phi) is 5.81. The largest absolute Gasteiger partial charge is 0.467 e. The van der Waals surface area contributed by atoms with Gasteiger partial charge >= 0.3 is 5.97 Å². The fourth-order valence-corrected chi connectivity index (χ4v) is 4.22. The molecule has 1 heterocycles. The Morgan fingerprint density at radius 1 is 1.04 bits per heavy atom. The van der Waals surface area contributed by atoms with Crippen LogP contribution in [0.3, 0.4) is 0 Å². The molecule has 148 valence electrons. The highest BCUT2D eigenvalue weighted by atomic mass is 32.2. The van der Waals surface area contributed by atoms with Crippen LogP contribution in [-0.4, -0.2) is 51.0 Å². The van der Waals surface area contributed by atoms with Crippen LogP contribution in [-0.2, 0) is 23.8 Å². The number of carbonyl (C=O) groups excluding carboxylic acids is 2. The number of methoxy groups -OCH3 is 1. The van der Waals surface area contributed by atoms with E-state index in [1.807, 2.05) is 6.92 Å². The summed E-state index contributed by atoms with van der Waals surface area (Å²) in [4.78, 5) is 26.3. The summed E-state index contributed by atoms with van der Waals surface area (Å²) in [6, 6.07) is 13.8. The molecule has 8 heteroatoms. The van der Waals surface area contributed by atoms with Gasteiger partial charge in [-0.25, -0.2) is 4.79 Å². The molecule has 0 unspecified atom stereocenters. The molecule has 0 bridgehead atoms. The van der Waals surface area contributed by atoms with Crippen LogP contribution in [0, 0.1) is 6.92 Å². The van der Waals surface area contributed by atoms with Crippen molar-refractivity contribution in [2.45, 2.75) is 30.4 Å². The van der Waals surface area contributed by atoms with Gasteiger partial charge in [-0.1, -0.05) is 35.9 Å². The van der Waals surface area contributed by atoms with Gasteiger partial charge < -0.3 is 9.64 Å². The second kappa shape index (κ2) is 8.12. The monoisotopic (exact) mass is 403 g/mol. The summed E-state index contributed by atoms with van der Waals surface area (Å²) in [6.45, 7) is 1.82. The molecule has 1 fully saturated rings. The molecular weight excluding hydrogens is 382 g/mol. The van der Waals surface area contributed by atoms with E-state index in [2.05, 4.69) is 0 Å². The van der Waals surface area contributed by atoms with Gasteiger partial charge in [0.1, 0.15) is 6.04 Å². The summed E-state index contributed by atoms with van der Waals surface area (Å²) >= 11 is 0. The van der Waals surface area contributed by atoms with E-state index < -0.39 is 28.2 Å². The molecule has 1 amide bonds. The maximum Gasteiger partial charge on any atom is 0.328 e. The lowest BCUT2D eigenvalue weighted by Gasteiger charge is -2.22. The molecule has 2 aromatic carbocycles. The first-order chi connectivity index (χ1) is 13.3. The number of esters is 1. The predicted octanol–water partition coefficient (Wildman–Crippen LogP) is 2.16. The van der Waals surface area contributed by atoms with Gasteiger partial charge in [0.15, 0.2) is 0 Å². The molecule has 0 radical (unpaired) electrons. The van der Waals surface area contributed by atoms with Crippen LogP contribution in [0.4, 0.5) is 0 Å². The van der Waals surface area contributed by atoms with Gasteiger partial charge in [0.25, 0.3) is 16.0 Å². The SMILES string of the molecule is COC(=O)[C@@H]1C[C@H](OS(=O)(=O)c2ccc(C)cc2)CN1C(=O)c1ccccc1. The van der Waals surface area contributed by atoms with E-state index >= 15 is 0 Å². The van der Waals surface area contributed by atoms with Crippen LogP contribution in [0.5, 0.6) is 0 Å². The van der Waals surface area contributed by atoms with Gasteiger partial charge in [-0.15, -0.1) is 0 Å². The standard InChI is InChI=1S/C20H21NO6S/c1-14-8-10-17(11-9-14)28(24,25)27-16-12-18(20(23)26-2)21(13-16)19(22)15-6-4-3-5-7-15/h3-11,16,18H,12-13H2,1-2H3/t16-,18-/m0/s1. The molecule has 1 saturated heterocycles. The highest BCUT2D eigenvalue weighted by molar-refractivity contribution is 7.86. The lowest BCUT2D eigenvalue weighted by Crippen LogP contribution is -2.41. The number of rotatable bonds is 5. The maximum atomic E-state index is 12.8. The van der Waals surface area contributed by atoms with Crippen LogP contribution in [0.2, 0.25) is 0 Å². The van der Waals surface area contributed by atoms with Crippen molar-refractivity contribution in [3.63, 3.8) is 0 Å². The molecule has 1 aliphatic heterocycles. The van der Waals surface area contributed by atoms with E-state index in [4.69, 9.17) is 8.92 Å². The zero-order chi connectivity index (χ0) is 20.3. The summed E-state index contributed by atoms with van der Waals surface area (Å²) in [6.07, 6.45) is -0.806. The number of ether oxygens (including phenoxy) is 1. The number of hydrogen-bond donors (Lipinski definition) is 0. The third kappa shape index (κ3) is 4.23. The van der Waals surface area contributed by atoms with Crippen molar-refractivity contribution in [3.8, 4) is 0 Å². The third-order valence-electron chi connectivity index (χ3n) is 4.59. The molecule has 2 aromatic rings. The first-order valence-electron chi connectivity index (χ1n) is 8.75. The number of carbonyl (C=O) groups is 2. The summed E-state index contributed by atoms with van der Waals surface area (Å²) in [5.74, 6) is -0.988. The van der Waals surface area contributed by atoms with Gasteiger partial charge in [-0.2, -0.15) is 8.42 Å². The van der Waals surface area contributed by atoms with Crippen LogP contribution in [0.15, 0.2) is 59.5 Å². The number of hydrogen-bond acceptors (Lipinski definition) is 6. The first-order valence-corrected chi connectivity index (χ1v) is 10.2. The molecule has 0 N–H and O–H groups in total. The highest BCUT2D eigenvalue weighted by Crippen LogP contribution is 2.27. The van der Waals surface area contributed by atoms with E-state index in [0.717, 1.165) is 5.56 Å².